The van der Waals surface area contributed by atoms with Crippen molar-refractivity contribution in [3.05, 3.63) is 41.5 Å². The summed E-state index contributed by atoms with van der Waals surface area (Å²) >= 11 is 0. The number of nitrogens with zero attached hydrogens (tertiary/aromatic N) is 1. The molecule has 2 fully saturated rings. The third kappa shape index (κ3) is 3.03. The number of rotatable bonds is 2. The van der Waals surface area contributed by atoms with Gasteiger partial charge in [-0.2, -0.15) is 4.76 Å². The van der Waals surface area contributed by atoms with Crippen LogP contribution in [0.3, 0.4) is 0 Å². The van der Waals surface area contributed by atoms with E-state index >= 15 is 0 Å². The molecule has 5 heteroatoms. The van der Waals surface area contributed by atoms with E-state index in [1.54, 1.807) is 0 Å². The van der Waals surface area contributed by atoms with Crippen LogP contribution in [0.15, 0.2) is 40.7 Å². The Balaban J connectivity index is 1.70. The highest BCUT2D eigenvalue weighted by atomic mass is 31.2. The molecule has 3 aliphatic rings. The fourth-order valence-electron chi connectivity index (χ4n) is 3.84. The molecule has 1 aromatic rings. The van der Waals surface area contributed by atoms with Crippen molar-refractivity contribution in [2.75, 3.05) is 13.2 Å². The molecule has 1 aliphatic heterocycles. The topological polar surface area (TPSA) is 47.9 Å². The molecule has 24 heavy (non-hydrogen) atoms. The van der Waals surface area contributed by atoms with Gasteiger partial charge in [0.1, 0.15) is 0 Å². The Bertz CT molecular complexity index is 737. The van der Waals surface area contributed by atoms with Gasteiger partial charge < -0.3 is 0 Å². The normalized spacial score (nSPS) is 29.9. The van der Waals surface area contributed by atoms with Gasteiger partial charge in [0, 0.05) is 11.0 Å². The van der Waals surface area contributed by atoms with E-state index < -0.39 is 7.75 Å². The zero-order chi connectivity index (χ0) is 16.8. The van der Waals surface area contributed by atoms with E-state index in [9.17, 15) is 4.57 Å². The van der Waals surface area contributed by atoms with E-state index in [-0.39, 0.29) is 5.41 Å². The molecule has 128 valence electrons. The van der Waals surface area contributed by atoms with Crippen LogP contribution in [0.2, 0.25) is 0 Å². The Morgan fingerprint density at radius 3 is 2.58 bits per heavy atom. The third-order valence-electron chi connectivity index (χ3n) is 5.08. The summed E-state index contributed by atoms with van der Waals surface area (Å²) in [4.78, 5) is 0. The maximum absolute atomic E-state index is 12.9. The average molecular weight is 345 g/mol. The highest BCUT2D eigenvalue weighted by Gasteiger charge is 2.40. The van der Waals surface area contributed by atoms with Gasteiger partial charge in [-0.3, -0.25) is 9.05 Å². The van der Waals surface area contributed by atoms with Crippen molar-refractivity contribution in [3.63, 3.8) is 0 Å². The lowest BCUT2D eigenvalue weighted by molar-refractivity contribution is 0.0418. The van der Waals surface area contributed by atoms with Crippen molar-refractivity contribution < 1.29 is 13.6 Å². The lowest BCUT2D eigenvalue weighted by Crippen LogP contribution is -2.29. The fourth-order valence-corrected chi connectivity index (χ4v) is 5.53. The van der Waals surface area contributed by atoms with Gasteiger partial charge in [0.2, 0.25) is 0 Å². The standard InChI is InChI=1S/C19H24NO3P/c1-19(2)12-22-24(21,23-13-19)20-17-11-15-9-6-10-16(15)18(17)14-7-4-3-5-8-14/h3-5,7-8,15H,6,9-13H2,1-2H3/b20-17+. The van der Waals surface area contributed by atoms with Crippen molar-refractivity contribution in [1.29, 1.82) is 0 Å². The first-order valence-corrected chi connectivity index (χ1v) is 10.2. The second-order valence-electron chi connectivity index (χ2n) is 7.79. The first kappa shape index (κ1) is 16.3. The third-order valence-corrected chi connectivity index (χ3v) is 6.48. The van der Waals surface area contributed by atoms with Gasteiger partial charge in [-0.1, -0.05) is 49.8 Å². The predicted octanol–water partition coefficient (Wildman–Crippen LogP) is 5.27. The van der Waals surface area contributed by atoms with Gasteiger partial charge in [-0.25, -0.2) is 4.57 Å². The second-order valence-corrected chi connectivity index (χ2v) is 9.44. The summed E-state index contributed by atoms with van der Waals surface area (Å²) in [6, 6.07) is 10.3. The molecule has 4 nitrogen and oxygen atoms in total. The maximum Gasteiger partial charge on any atom is 0.454 e. The summed E-state index contributed by atoms with van der Waals surface area (Å²) in [6.07, 6.45) is 4.42. The van der Waals surface area contributed by atoms with Crippen molar-refractivity contribution in [1.82, 2.24) is 0 Å². The van der Waals surface area contributed by atoms with Gasteiger partial charge >= 0.3 is 7.75 Å². The molecule has 1 unspecified atom stereocenters. The molecule has 1 saturated carbocycles. The van der Waals surface area contributed by atoms with E-state index in [2.05, 4.69) is 16.9 Å². The summed E-state index contributed by atoms with van der Waals surface area (Å²) in [7, 11) is -3.39. The van der Waals surface area contributed by atoms with Crippen molar-refractivity contribution in [2.24, 2.45) is 16.1 Å². The molecule has 0 spiro atoms. The first-order valence-electron chi connectivity index (χ1n) is 8.73. The average Bonchev–Trinajstić information content (AvgIpc) is 3.12. The summed E-state index contributed by atoms with van der Waals surface area (Å²) in [5.74, 6) is 0.548. The molecule has 2 aliphatic carbocycles. The lowest BCUT2D eigenvalue weighted by atomic mass is 9.97. The van der Waals surface area contributed by atoms with Crippen LogP contribution >= 0.6 is 7.75 Å². The Kier molecular flexibility index (Phi) is 4.03. The molecule has 1 atom stereocenters. The molecule has 0 radical (unpaired) electrons. The largest absolute Gasteiger partial charge is 0.454 e. The lowest BCUT2D eigenvalue weighted by Gasteiger charge is -2.32. The molecule has 1 aromatic carbocycles. The molecule has 4 rings (SSSR count). The van der Waals surface area contributed by atoms with Gasteiger partial charge in [-0.05, 0) is 37.2 Å². The number of hydrogen-bond acceptors (Lipinski definition) is 3. The molecule has 0 amide bonds. The van der Waals surface area contributed by atoms with E-state index in [1.807, 2.05) is 32.0 Å². The molecule has 0 N–H and O–H groups in total. The maximum atomic E-state index is 12.9. The Labute approximate surface area is 143 Å². The van der Waals surface area contributed by atoms with Crippen LogP contribution in [0, 0.1) is 11.3 Å². The summed E-state index contributed by atoms with van der Waals surface area (Å²) in [5.41, 5.74) is 4.62. The molecule has 0 bridgehead atoms. The smallest absolute Gasteiger partial charge is 0.290 e. The van der Waals surface area contributed by atoms with E-state index in [4.69, 9.17) is 9.05 Å². The van der Waals surface area contributed by atoms with Crippen molar-refractivity contribution in [3.8, 4) is 0 Å². The Morgan fingerprint density at radius 1 is 1.17 bits per heavy atom. The molecule has 1 heterocycles. The fraction of sp³-hybridized carbons (Fsp3) is 0.526. The van der Waals surface area contributed by atoms with Gasteiger partial charge in [0.05, 0.1) is 18.9 Å². The number of allylic oxidation sites excluding steroid dienone is 2. The first-order chi connectivity index (χ1) is 11.5. The van der Waals surface area contributed by atoms with Crippen LogP contribution in [0.4, 0.5) is 0 Å². The van der Waals surface area contributed by atoms with Crippen LogP contribution in [0.5, 0.6) is 0 Å². The Morgan fingerprint density at radius 2 is 1.88 bits per heavy atom. The number of fused-ring (bicyclic) bond motifs is 1. The zero-order valence-corrected chi connectivity index (χ0v) is 15.2. The minimum Gasteiger partial charge on any atom is -0.290 e. The van der Waals surface area contributed by atoms with Crippen molar-refractivity contribution in [2.45, 2.75) is 39.5 Å². The molecular weight excluding hydrogens is 321 g/mol. The summed E-state index contributed by atoms with van der Waals surface area (Å²) < 4.78 is 28.6. The number of benzene rings is 1. The quantitative estimate of drug-likeness (QED) is 0.686. The molecular formula is C19H24NO3P. The minimum absolute atomic E-state index is 0.110. The van der Waals surface area contributed by atoms with Gasteiger partial charge in [0.25, 0.3) is 0 Å². The van der Waals surface area contributed by atoms with Crippen LogP contribution < -0.4 is 0 Å². The van der Waals surface area contributed by atoms with Crippen LogP contribution in [0.1, 0.15) is 45.1 Å². The minimum atomic E-state index is -3.39. The van der Waals surface area contributed by atoms with E-state index in [1.165, 1.54) is 29.6 Å². The Hall–Kier alpha value is -1.22. The predicted molar refractivity (Wildman–Crippen MR) is 96.0 cm³/mol. The summed E-state index contributed by atoms with van der Waals surface area (Å²) in [6.45, 7) is 4.92. The van der Waals surface area contributed by atoms with Crippen molar-refractivity contribution >= 4 is 19.0 Å². The van der Waals surface area contributed by atoms with E-state index in [0.717, 1.165) is 18.6 Å². The monoisotopic (exact) mass is 345 g/mol. The van der Waals surface area contributed by atoms with E-state index in [0.29, 0.717) is 19.1 Å². The molecule has 0 aromatic heterocycles. The highest BCUT2D eigenvalue weighted by Crippen LogP contribution is 2.57. The van der Waals surface area contributed by atoms with Gasteiger partial charge in [0.15, 0.2) is 0 Å². The summed E-state index contributed by atoms with van der Waals surface area (Å²) in [5, 5.41) is 0. The second kappa shape index (κ2) is 5.94. The zero-order valence-electron chi connectivity index (χ0n) is 14.3. The SMILES string of the molecule is CC1(C)COP(=O)(/N=C2\CC3CCCC3=C2c2ccccc2)OC1. The van der Waals surface area contributed by atoms with Crippen LogP contribution in [0.25, 0.3) is 5.57 Å². The van der Waals surface area contributed by atoms with Crippen LogP contribution in [-0.2, 0) is 13.6 Å². The molecule has 1 saturated heterocycles. The van der Waals surface area contributed by atoms with Gasteiger partial charge in [-0.15, -0.1) is 0 Å². The number of hydrogen-bond donors (Lipinski definition) is 0. The highest BCUT2D eigenvalue weighted by molar-refractivity contribution is 7.52. The van der Waals surface area contributed by atoms with Crippen LogP contribution in [-0.4, -0.2) is 18.9 Å².